The van der Waals surface area contributed by atoms with Crippen molar-refractivity contribution in [3.63, 3.8) is 0 Å². The third kappa shape index (κ3) is 4.77. The van der Waals surface area contributed by atoms with E-state index in [4.69, 9.17) is 21.6 Å². The quantitative estimate of drug-likeness (QED) is 0.623. The first-order valence-electron chi connectivity index (χ1n) is 7.16. The van der Waals surface area contributed by atoms with E-state index in [1.165, 1.54) is 13.3 Å². The molecule has 122 valence electrons. The SMILES string of the molecule is COc1ccc(N/C=C(\C#N)C(=O)NCc2ccccc2)cc1Cl. The number of ether oxygens (including phenoxy) is 1. The summed E-state index contributed by atoms with van der Waals surface area (Å²) in [7, 11) is 1.53. The summed E-state index contributed by atoms with van der Waals surface area (Å²) in [5.74, 6) is 0.0979. The minimum absolute atomic E-state index is 0.0297. The largest absolute Gasteiger partial charge is 0.495 e. The maximum Gasteiger partial charge on any atom is 0.263 e. The summed E-state index contributed by atoms with van der Waals surface area (Å²) in [6.07, 6.45) is 1.35. The van der Waals surface area contributed by atoms with Gasteiger partial charge in [0.1, 0.15) is 17.4 Å². The Morgan fingerprint density at radius 3 is 2.67 bits per heavy atom. The van der Waals surface area contributed by atoms with Crippen molar-refractivity contribution in [2.75, 3.05) is 12.4 Å². The molecular weight excluding hydrogens is 326 g/mol. The van der Waals surface area contributed by atoms with E-state index < -0.39 is 5.91 Å². The van der Waals surface area contributed by atoms with Crippen molar-refractivity contribution in [2.24, 2.45) is 0 Å². The van der Waals surface area contributed by atoms with E-state index in [0.717, 1.165) is 5.56 Å². The van der Waals surface area contributed by atoms with Crippen LogP contribution >= 0.6 is 11.6 Å². The van der Waals surface area contributed by atoms with E-state index in [1.54, 1.807) is 18.2 Å². The summed E-state index contributed by atoms with van der Waals surface area (Å²) in [6, 6.07) is 16.4. The van der Waals surface area contributed by atoms with E-state index in [2.05, 4.69) is 10.6 Å². The summed E-state index contributed by atoms with van der Waals surface area (Å²) < 4.78 is 5.07. The first-order valence-corrected chi connectivity index (χ1v) is 7.54. The molecule has 2 N–H and O–H groups in total. The van der Waals surface area contributed by atoms with Crippen LogP contribution in [0.15, 0.2) is 60.3 Å². The van der Waals surface area contributed by atoms with E-state index in [9.17, 15) is 4.79 Å². The molecule has 0 radical (unpaired) electrons. The van der Waals surface area contributed by atoms with Crippen LogP contribution in [0.4, 0.5) is 5.69 Å². The second-order valence-corrected chi connectivity index (χ2v) is 5.24. The second-order valence-electron chi connectivity index (χ2n) is 4.83. The Kier molecular flexibility index (Phi) is 6.23. The fourth-order valence-electron chi connectivity index (χ4n) is 1.93. The predicted molar refractivity (Wildman–Crippen MR) is 93.6 cm³/mol. The molecule has 0 heterocycles. The molecule has 0 aromatic heterocycles. The second kappa shape index (κ2) is 8.61. The van der Waals surface area contributed by atoms with Gasteiger partial charge in [-0.15, -0.1) is 0 Å². The van der Waals surface area contributed by atoms with Crippen LogP contribution in [0.1, 0.15) is 5.56 Å². The fraction of sp³-hybridized carbons (Fsp3) is 0.111. The molecule has 5 nitrogen and oxygen atoms in total. The number of hydrogen-bond donors (Lipinski definition) is 2. The number of methoxy groups -OCH3 is 1. The first-order chi connectivity index (χ1) is 11.6. The summed E-state index contributed by atoms with van der Waals surface area (Å²) in [6.45, 7) is 0.354. The minimum atomic E-state index is -0.450. The third-order valence-corrected chi connectivity index (χ3v) is 3.49. The number of nitrogens with zero attached hydrogens (tertiary/aromatic N) is 1. The van der Waals surface area contributed by atoms with Crippen LogP contribution in [-0.2, 0) is 11.3 Å². The number of amides is 1. The van der Waals surface area contributed by atoms with Gasteiger partial charge in [0.2, 0.25) is 0 Å². The van der Waals surface area contributed by atoms with Gasteiger partial charge in [-0.3, -0.25) is 4.79 Å². The summed E-state index contributed by atoms with van der Waals surface area (Å²) in [5, 5.41) is 15.2. The number of benzene rings is 2. The van der Waals surface area contributed by atoms with Crippen LogP contribution in [0.5, 0.6) is 5.75 Å². The first kappa shape index (κ1) is 17.4. The normalized spacial score (nSPS) is 10.6. The molecular formula is C18H16ClN3O2. The lowest BCUT2D eigenvalue weighted by molar-refractivity contribution is -0.117. The van der Waals surface area contributed by atoms with E-state index in [1.807, 2.05) is 36.4 Å². The standard InChI is InChI=1S/C18H16ClN3O2/c1-24-17-8-7-15(9-16(17)19)21-12-14(10-20)18(23)22-11-13-5-3-2-4-6-13/h2-9,12,21H,11H2,1H3,(H,22,23)/b14-12+. The number of halogens is 1. The van der Waals surface area contributed by atoms with Crippen LogP contribution in [-0.4, -0.2) is 13.0 Å². The summed E-state index contributed by atoms with van der Waals surface area (Å²) >= 11 is 6.03. The van der Waals surface area contributed by atoms with Gasteiger partial charge in [-0.25, -0.2) is 0 Å². The predicted octanol–water partition coefficient (Wildman–Crippen LogP) is 3.48. The van der Waals surface area contributed by atoms with E-state index in [-0.39, 0.29) is 5.57 Å². The molecule has 0 aliphatic heterocycles. The van der Waals surface area contributed by atoms with Gasteiger partial charge in [0.15, 0.2) is 0 Å². The monoisotopic (exact) mass is 341 g/mol. The van der Waals surface area contributed by atoms with E-state index in [0.29, 0.717) is 23.0 Å². The maximum atomic E-state index is 12.0. The van der Waals surface area contributed by atoms with Crippen molar-refractivity contribution >= 4 is 23.2 Å². The van der Waals surface area contributed by atoms with Crippen LogP contribution in [0.2, 0.25) is 5.02 Å². The van der Waals surface area contributed by atoms with Crippen molar-refractivity contribution in [1.29, 1.82) is 5.26 Å². The Morgan fingerprint density at radius 2 is 2.04 bits per heavy atom. The Labute approximate surface area is 145 Å². The molecule has 1 amide bonds. The van der Waals surface area contributed by atoms with Gasteiger partial charge in [-0.1, -0.05) is 41.9 Å². The number of carbonyl (C=O) groups excluding carboxylic acids is 1. The smallest absolute Gasteiger partial charge is 0.263 e. The zero-order valence-electron chi connectivity index (χ0n) is 13.0. The molecule has 0 saturated heterocycles. The van der Waals surface area contributed by atoms with Crippen LogP contribution < -0.4 is 15.4 Å². The zero-order chi connectivity index (χ0) is 17.4. The Bertz CT molecular complexity index is 783. The number of nitrogens with one attached hydrogen (secondary N) is 2. The molecule has 0 aliphatic carbocycles. The van der Waals surface area contributed by atoms with Gasteiger partial charge in [0.05, 0.1) is 12.1 Å². The number of nitriles is 1. The summed E-state index contributed by atoms with van der Waals surface area (Å²) in [5.41, 5.74) is 1.57. The van der Waals surface area contributed by atoms with Gasteiger partial charge >= 0.3 is 0 Å². The van der Waals surface area contributed by atoms with Gasteiger partial charge in [0, 0.05) is 18.4 Å². The van der Waals surface area contributed by atoms with Crippen LogP contribution in [0.3, 0.4) is 0 Å². The Balaban J connectivity index is 1.99. The highest BCUT2D eigenvalue weighted by molar-refractivity contribution is 6.32. The van der Waals surface area contributed by atoms with Gasteiger partial charge < -0.3 is 15.4 Å². The van der Waals surface area contributed by atoms with Crippen molar-refractivity contribution in [3.8, 4) is 11.8 Å². The fourth-order valence-corrected chi connectivity index (χ4v) is 2.19. The number of rotatable bonds is 6. The molecule has 6 heteroatoms. The molecule has 0 aliphatic rings. The molecule has 0 unspecified atom stereocenters. The molecule has 0 saturated carbocycles. The van der Waals surface area contributed by atoms with Crippen molar-refractivity contribution in [1.82, 2.24) is 5.32 Å². The van der Waals surface area contributed by atoms with Crippen molar-refractivity contribution in [3.05, 3.63) is 70.9 Å². The molecule has 2 aromatic rings. The Morgan fingerprint density at radius 1 is 1.29 bits per heavy atom. The number of anilines is 1. The molecule has 2 aromatic carbocycles. The zero-order valence-corrected chi connectivity index (χ0v) is 13.8. The maximum absolute atomic E-state index is 12.0. The van der Waals surface area contributed by atoms with Crippen LogP contribution in [0, 0.1) is 11.3 Å². The Hall–Kier alpha value is -2.97. The average Bonchev–Trinajstić information content (AvgIpc) is 2.61. The van der Waals surface area contributed by atoms with Crippen LogP contribution in [0.25, 0.3) is 0 Å². The lowest BCUT2D eigenvalue weighted by Gasteiger charge is -2.07. The lowest BCUT2D eigenvalue weighted by atomic mass is 10.2. The number of hydrogen-bond acceptors (Lipinski definition) is 4. The molecule has 24 heavy (non-hydrogen) atoms. The van der Waals surface area contributed by atoms with Crippen molar-refractivity contribution in [2.45, 2.75) is 6.54 Å². The van der Waals surface area contributed by atoms with E-state index >= 15 is 0 Å². The highest BCUT2D eigenvalue weighted by Gasteiger charge is 2.08. The molecule has 0 spiro atoms. The highest BCUT2D eigenvalue weighted by atomic mass is 35.5. The minimum Gasteiger partial charge on any atom is -0.495 e. The average molecular weight is 342 g/mol. The highest BCUT2D eigenvalue weighted by Crippen LogP contribution is 2.27. The van der Waals surface area contributed by atoms with Gasteiger partial charge in [-0.05, 0) is 23.8 Å². The van der Waals surface area contributed by atoms with Gasteiger partial charge in [0.25, 0.3) is 5.91 Å². The molecule has 0 atom stereocenters. The molecule has 0 fully saturated rings. The lowest BCUT2D eigenvalue weighted by Crippen LogP contribution is -2.24. The summed E-state index contributed by atoms with van der Waals surface area (Å²) in [4.78, 5) is 12.0. The number of carbonyl (C=O) groups is 1. The third-order valence-electron chi connectivity index (χ3n) is 3.20. The van der Waals surface area contributed by atoms with Gasteiger partial charge in [-0.2, -0.15) is 5.26 Å². The molecule has 2 rings (SSSR count). The topological polar surface area (TPSA) is 74.1 Å². The van der Waals surface area contributed by atoms with Crippen molar-refractivity contribution < 1.29 is 9.53 Å². The molecule has 0 bridgehead atoms.